The molecule has 21 heavy (non-hydrogen) atoms. The van der Waals surface area contributed by atoms with Gasteiger partial charge in [0.05, 0.1) is 30.7 Å². The molecule has 0 fully saturated rings. The number of furan rings is 1. The fourth-order valence-electron chi connectivity index (χ4n) is 2.15. The van der Waals surface area contributed by atoms with Crippen LogP contribution in [0, 0.1) is 6.92 Å². The summed E-state index contributed by atoms with van der Waals surface area (Å²) in [7, 11) is 0. The lowest BCUT2D eigenvalue weighted by Crippen LogP contribution is -2.33. The molecule has 0 aliphatic heterocycles. The average Bonchev–Trinajstić information content (AvgIpc) is 2.95. The largest absolute Gasteiger partial charge is 0.468 e. The standard InChI is InChI=1S/C16H21N3O2/c1-3-19(10-13-7-5-9-21-13)11-15(20)18-16-12(2)6-4-8-14(16)17/h4-9H,3,10-11,17H2,1-2H3,(H,18,20). The number of nitrogens with zero attached hydrogens (tertiary/aromatic N) is 1. The van der Waals surface area contributed by atoms with Crippen molar-refractivity contribution in [2.24, 2.45) is 0 Å². The summed E-state index contributed by atoms with van der Waals surface area (Å²) in [5, 5.41) is 2.89. The third-order valence-corrected chi connectivity index (χ3v) is 3.34. The number of carbonyl (C=O) groups is 1. The van der Waals surface area contributed by atoms with Crippen molar-refractivity contribution in [1.82, 2.24) is 4.90 Å². The number of nitrogens with one attached hydrogen (secondary N) is 1. The zero-order chi connectivity index (χ0) is 15.2. The first-order valence-electron chi connectivity index (χ1n) is 6.99. The van der Waals surface area contributed by atoms with Gasteiger partial charge >= 0.3 is 0 Å². The first kappa shape index (κ1) is 15.1. The molecule has 2 aromatic rings. The van der Waals surface area contributed by atoms with Crippen molar-refractivity contribution in [2.45, 2.75) is 20.4 Å². The van der Waals surface area contributed by atoms with Gasteiger partial charge in [-0.3, -0.25) is 9.69 Å². The number of carbonyl (C=O) groups excluding carboxylic acids is 1. The van der Waals surface area contributed by atoms with Gasteiger partial charge in [-0.1, -0.05) is 19.1 Å². The summed E-state index contributed by atoms with van der Waals surface area (Å²) in [5.41, 5.74) is 8.13. The van der Waals surface area contributed by atoms with Crippen molar-refractivity contribution in [3.63, 3.8) is 0 Å². The topological polar surface area (TPSA) is 71.5 Å². The second-order valence-corrected chi connectivity index (χ2v) is 4.97. The maximum absolute atomic E-state index is 12.2. The van der Waals surface area contributed by atoms with Crippen molar-refractivity contribution >= 4 is 17.3 Å². The maximum atomic E-state index is 12.2. The quantitative estimate of drug-likeness (QED) is 0.801. The van der Waals surface area contributed by atoms with Crippen molar-refractivity contribution in [2.75, 3.05) is 24.1 Å². The van der Waals surface area contributed by atoms with E-state index >= 15 is 0 Å². The highest BCUT2D eigenvalue weighted by Crippen LogP contribution is 2.22. The van der Waals surface area contributed by atoms with Crippen LogP contribution in [0.25, 0.3) is 0 Å². The maximum Gasteiger partial charge on any atom is 0.238 e. The summed E-state index contributed by atoms with van der Waals surface area (Å²) >= 11 is 0. The third-order valence-electron chi connectivity index (χ3n) is 3.34. The molecular formula is C16H21N3O2. The second kappa shape index (κ2) is 6.95. The molecule has 0 bridgehead atoms. The van der Waals surface area contributed by atoms with Crippen molar-refractivity contribution < 1.29 is 9.21 Å². The number of nitrogens with two attached hydrogens (primary N) is 1. The third kappa shape index (κ3) is 4.10. The van der Waals surface area contributed by atoms with Crippen LogP contribution in [0.4, 0.5) is 11.4 Å². The van der Waals surface area contributed by atoms with Crippen molar-refractivity contribution in [3.05, 3.63) is 47.9 Å². The first-order valence-corrected chi connectivity index (χ1v) is 6.99. The minimum absolute atomic E-state index is 0.0793. The van der Waals surface area contributed by atoms with Gasteiger partial charge in [-0.25, -0.2) is 0 Å². The van der Waals surface area contributed by atoms with Crippen LogP contribution in [-0.4, -0.2) is 23.9 Å². The predicted molar refractivity (Wildman–Crippen MR) is 83.9 cm³/mol. The van der Waals surface area contributed by atoms with Crippen LogP contribution in [0.1, 0.15) is 18.2 Å². The zero-order valence-corrected chi connectivity index (χ0v) is 12.4. The molecule has 0 atom stereocenters. The smallest absolute Gasteiger partial charge is 0.238 e. The Balaban J connectivity index is 1.97. The molecule has 0 saturated carbocycles. The molecule has 2 rings (SSSR count). The highest BCUT2D eigenvalue weighted by molar-refractivity contribution is 5.96. The van der Waals surface area contributed by atoms with Crippen LogP contribution < -0.4 is 11.1 Å². The first-order chi connectivity index (χ1) is 10.1. The Morgan fingerprint density at radius 3 is 2.76 bits per heavy atom. The fraction of sp³-hybridized carbons (Fsp3) is 0.312. The van der Waals surface area contributed by atoms with E-state index < -0.39 is 0 Å². The SMILES string of the molecule is CCN(CC(=O)Nc1c(C)cccc1N)Cc1ccco1. The minimum atomic E-state index is -0.0793. The average molecular weight is 287 g/mol. The van der Waals surface area contributed by atoms with Gasteiger partial charge in [0.2, 0.25) is 5.91 Å². The van der Waals surface area contributed by atoms with Gasteiger partial charge in [-0.05, 0) is 37.2 Å². The van der Waals surface area contributed by atoms with Crippen LogP contribution in [0.3, 0.4) is 0 Å². The monoisotopic (exact) mass is 287 g/mol. The van der Waals surface area contributed by atoms with Crippen LogP contribution in [0.15, 0.2) is 41.0 Å². The number of likely N-dealkylation sites (N-methyl/N-ethyl adjacent to an activating group) is 1. The van der Waals surface area contributed by atoms with Crippen LogP contribution in [0.5, 0.6) is 0 Å². The van der Waals surface area contributed by atoms with Crippen molar-refractivity contribution in [3.8, 4) is 0 Å². The molecule has 0 saturated heterocycles. The van der Waals surface area contributed by atoms with Gasteiger partial charge < -0.3 is 15.5 Å². The number of rotatable bonds is 6. The molecule has 5 nitrogen and oxygen atoms in total. The summed E-state index contributed by atoms with van der Waals surface area (Å²) in [6, 6.07) is 9.32. The molecular weight excluding hydrogens is 266 g/mol. The molecule has 0 aliphatic rings. The van der Waals surface area contributed by atoms with E-state index in [-0.39, 0.29) is 5.91 Å². The van der Waals surface area contributed by atoms with E-state index in [1.54, 1.807) is 12.3 Å². The number of nitrogen functional groups attached to an aromatic ring is 1. The normalized spacial score (nSPS) is 10.8. The van der Waals surface area contributed by atoms with E-state index in [4.69, 9.17) is 10.2 Å². The number of benzene rings is 1. The Morgan fingerprint density at radius 2 is 2.14 bits per heavy atom. The second-order valence-electron chi connectivity index (χ2n) is 4.97. The summed E-state index contributed by atoms with van der Waals surface area (Å²) < 4.78 is 5.31. The van der Waals surface area contributed by atoms with Gasteiger partial charge in [0.25, 0.3) is 0 Å². The molecule has 0 unspecified atom stereocenters. The molecule has 5 heteroatoms. The lowest BCUT2D eigenvalue weighted by atomic mass is 10.1. The molecule has 112 valence electrons. The van der Waals surface area contributed by atoms with E-state index in [9.17, 15) is 4.79 Å². The number of hydrogen-bond donors (Lipinski definition) is 2. The van der Waals surface area contributed by atoms with Gasteiger partial charge in [0.15, 0.2) is 0 Å². The molecule has 1 aromatic heterocycles. The Hall–Kier alpha value is -2.27. The number of para-hydroxylation sites is 1. The summed E-state index contributed by atoms with van der Waals surface area (Å²) in [4.78, 5) is 14.2. The summed E-state index contributed by atoms with van der Waals surface area (Å²) in [6.45, 7) is 5.60. The lowest BCUT2D eigenvalue weighted by Gasteiger charge is -2.19. The summed E-state index contributed by atoms with van der Waals surface area (Å²) in [6.07, 6.45) is 1.64. The Morgan fingerprint density at radius 1 is 1.33 bits per heavy atom. The van der Waals surface area contributed by atoms with Gasteiger partial charge in [0, 0.05) is 0 Å². The molecule has 0 spiro atoms. The molecule has 0 radical (unpaired) electrons. The number of aryl methyl sites for hydroxylation is 1. The molecule has 0 aliphatic carbocycles. The zero-order valence-electron chi connectivity index (χ0n) is 12.4. The molecule has 1 heterocycles. The van der Waals surface area contributed by atoms with Crippen LogP contribution in [-0.2, 0) is 11.3 Å². The highest BCUT2D eigenvalue weighted by Gasteiger charge is 2.13. The number of hydrogen-bond acceptors (Lipinski definition) is 4. The minimum Gasteiger partial charge on any atom is -0.468 e. The Kier molecular flexibility index (Phi) is 5.00. The molecule has 1 amide bonds. The lowest BCUT2D eigenvalue weighted by molar-refractivity contribution is -0.117. The number of anilines is 2. The van der Waals surface area contributed by atoms with Crippen LogP contribution >= 0.6 is 0 Å². The Bertz CT molecular complexity index is 573. The van der Waals surface area contributed by atoms with E-state index in [1.807, 2.05) is 43.0 Å². The van der Waals surface area contributed by atoms with Crippen molar-refractivity contribution in [1.29, 1.82) is 0 Å². The van der Waals surface area contributed by atoms with E-state index in [2.05, 4.69) is 5.32 Å². The number of amides is 1. The van der Waals surface area contributed by atoms with Gasteiger partial charge in [-0.2, -0.15) is 0 Å². The van der Waals surface area contributed by atoms with Gasteiger partial charge in [0.1, 0.15) is 5.76 Å². The van der Waals surface area contributed by atoms with E-state index in [0.717, 1.165) is 17.9 Å². The predicted octanol–water partition coefficient (Wildman–Crippen LogP) is 2.63. The van der Waals surface area contributed by atoms with E-state index in [1.165, 1.54) is 0 Å². The highest BCUT2D eigenvalue weighted by atomic mass is 16.3. The fourth-order valence-corrected chi connectivity index (χ4v) is 2.15. The van der Waals surface area contributed by atoms with Crippen LogP contribution in [0.2, 0.25) is 0 Å². The Labute approximate surface area is 124 Å². The van der Waals surface area contributed by atoms with Gasteiger partial charge in [-0.15, -0.1) is 0 Å². The van der Waals surface area contributed by atoms with E-state index in [0.29, 0.717) is 24.5 Å². The molecule has 1 aromatic carbocycles. The summed E-state index contributed by atoms with van der Waals surface area (Å²) in [5.74, 6) is 0.768. The molecule has 3 N–H and O–H groups in total.